The van der Waals surface area contributed by atoms with Gasteiger partial charge in [-0.25, -0.2) is 4.79 Å². The lowest BCUT2D eigenvalue weighted by Gasteiger charge is -2.07. The fraction of sp³-hybridized carbons (Fsp3) is 0.111. The fourth-order valence-electron chi connectivity index (χ4n) is 2.32. The van der Waals surface area contributed by atoms with Gasteiger partial charge in [-0.05, 0) is 37.3 Å². The van der Waals surface area contributed by atoms with Gasteiger partial charge >= 0.3 is 5.97 Å². The van der Waals surface area contributed by atoms with Gasteiger partial charge in [0.05, 0.1) is 6.61 Å². The molecule has 0 spiro atoms. The molecule has 0 radical (unpaired) electrons. The molecule has 1 heterocycles. The lowest BCUT2D eigenvalue weighted by Crippen LogP contribution is -2.14. The normalized spacial score (nSPS) is 10.6. The highest BCUT2D eigenvalue weighted by atomic mass is 35.5. The maximum Gasteiger partial charge on any atom is 0.341 e. The average molecular weight is 360 g/mol. The number of esters is 1. The van der Waals surface area contributed by atoms with E-state index in [4.69, 9.17) is 16.3 Å². The predicted molar refractivity (Wildman–Crippen MR) is 97.2 cm³/mol. The number of halogens is 1. The Labute approximate surface area is 148 Å². The zero-order chi connectivity index (χ0) is 17.1. The minimum atomic E-state index is -0.443. The van der Waals surface area contributed by atoms with Crippen LogP contribution in [0.2, 0.25) is 5.02 Å². The van der Waals surface area contributed by atoms with Gasteiger partial charge in [0.25, 0.3) is 5.91 Å². The first-order valence-electron chi connectivity index (χ1n) is 7.35. The Morgan fingerprint density at radius 2 is 1.83 bits per heavy atom. The number of carbonyl (C=O) groups excluding carboxylic acids is 2. The van der Waals surface area contributed by atoms with Crippen molar-refractivity contribution in [1.29, 1.82) is 0 Å². The molecule has 0 aliphatic carbocycles. The van der Waals surface area contributed by atoms with E-state index in [0.717, 1.165) is 10.1 Å². The van der Waals surface area contributed by atoms with Crippen molar-refractivity contribution in [3.8, 4) is 0 Å². The van der Waals surface area contributed by atoms with Crippen LogP contribution in [0.5, 0.6) is 0 Å². The van der Waals surface area contributed by atoms with E-state index < -0.39 is 5.97 Å². The maximum atomic E-state index is 12.4. The first kappa shape index (κ1) is 16.5. The Morgan fingerprint density at radius 1 is 1.12 bits per heavy atom. The van der Waals surface area contributed by atoms with Gasteiger partial charge < -0.3 is 10.1 Å². The molecule has 0 saturated carbocycles. The second-order valence-corrected chi connectivity index (χ2v) is 6.47. The molecule has 0 aliphatic heterocycles. The molecule has 0 aliphatic rings. The van der Waals surface area contributed by atoms with Gasteiger partial charge in [-0.3, -0.25) is 4.79 Å². The van der Waals surface area contributed by atoms with Crippen LogP contribution in [0.4, 0.5) is 5.00 Å². The van der Waals surface area contributed by atoms with E-state index >= 15 is 0 Å². The van der Waals surface area contributed by atoms with E-state index in [0.29, 0.717) is 21.2 Å². The number of hydrogen-bond acceptors (Lipinski definition) is 4. The second-order valence-electron chi connectivity index (χ2n) is 4.98. The zero-order valence-electron chi connectivity index (χ0n) is 12.8. The fourth-order valence-corrected chi connectivity index (χ4v) is 3.53. The van der Waals surface area contributed by atoms with Crippen molar-refractivity contribution >= 4 is 49.9 Å². The van der Waals surface area contributed by atoms with Crippen LogP contribution >= 0.6 is 22.9 Å². The minimum Gasteiger partial charge on any atom is -0.462 e. The number of hydrogen-bond donors (Lipinski definition) is 1. The Kier molecular flexibility index (Phi) is 4.83. The maximum absolute atomic E-state index is 12.4. The third kappa shape index (κ3) is 3.27. The summed E-state index contributed by atoms with van der Waals surface area (Å²) in [5.74, 6) is -0.745. The van der Waals surface area contributed by atoms with Crippen molar-refractivity contribution in [3.05, 3.63) is 64.7 Å². The molecule has 3 rings (SSSR count). The number of ether oxygens (including phenoxy) is 1. The van der Waals surface area contributed by atoms with Crippen LogP contribution in [0.25, 0.3) is 10.1 Å². The highest BCUT2D eigenvalue weighted by molar-refractivity contribution is 7.23. The molecule has 1 amide bonds. The van der Waals surface area contributed by atoms with Crippen LogP contribution in [0.1, 0.15) is 27.6 Å². The number of fused-ring (bicyclic) bond motifs is 1. The van der Waals surface area contributed by atoms with Crippen LogP contribution in [0.3, 0.4) is 0 Å². The Bertz CT molecular complexity index is 902. The first-order chi connectivity index (χ1) is 11.6. The summed E-state index contributed by atoms with van der Waals surface area (Å²) in [5.41, 5.74) is 0.853. The van der Waals surface area contributed by atoms with Crippen LogP contribution in [0.15, 0.2) is 48.5 Å². The predicted octanol–water partition coefficient (Wildman–Crippen LogP) is 4.98. The molecule has 122 valence electrons. The van der Waals surface area contributed by atoms with Crippen LogP contribution in [-0.4, -0.2) is 18.5 Å². The zero-order valence-corrected chi connectivity index (χ0v) is 14.4. The summed E-state index contributed by atoms with van der Waals surface area (Å²) in [6.45, 7) is 2.02. The number of nitrogens with one attached hydrogen (secondary N) is 1. The lowest BCUT2D eigenvalue weighted by molar-refractivity contribution is 0.0530. The van der Waals surface area contributed by atoms with Crippen molar-refractivity contribution in [2.24, 2.45) is 0 Å². The summed E-state index contributed by atoms with van der Waals surface area (Å²) in [6, 6.07) is 14.0. The van der Waals surface area contributed by atoms with Gasteiger partial charge in [0.2, 0.25) is 0 Å². The molecule has 1 aromatic heterocycles. The van der Waals surface area contributed by atoms with E-state index in [1.54, 1.807) is 31.2 Å². The topological polar surface area (TPSA) is 55.4 Å². The van der Waals surface area contributed by atoms with E-state index in [2.05, 4.69) is 5.32 Å². The molecule has 0 atom stereocenters. The van der Waals surface area contributed by atoms with E-state index in [-0.39, 0.29) is 12.5 Å². The first-order valence-corrected chi connectivity index (χ1v) is 8.55. The van der Waals surface area contributed by atoms with Crippen molar-refractivity contribution in [2.75, 3.05) is 11.9 Å². The summed E-state index contributed by atoms with van der Waals surface area (Å²) in [4.78, 5) is 24.8. The summed E-state index contributed by atoms with van der Waals surface area (Å²) in [5, 5.41) is 4.62. The van der Waals surface area contributed by atoms with Crippen LogP contribution in [0, 0.1) is 0 Å². The van der Waals surface area contributed by atoms with Gasteiger partial charge in [-0.1, -0.05) is 29.8 Å². The van der Waals surface area contributed by atoms with Crippen molar-refractivity contribution in [2.45, 2.75) is 6.92 Å². The number of carbonyl (C=O) groups is 2. The average Bonchev–Trinajstić information content (AvgIpc) is 2.93. The van der Waals surface area contributed by atoms with E-state index in [1.807, 2.05) is 24.3 Å². The van der Waals surface area contributed by atoms with E-state index in [1.165, 1.54) is 11.3 Å². The number of anilines is 1. The lowest BCUT2D eigenvalue weighted by atomic mass is 10.1. The molecule has 2 aromatic carbocycles. The molecule has 1 N–H and O–H groups in total. The van der Waals surface area contributed by atoms with Gasteiger partial charge in [0.1, 0.15) is 10.6 Å². The van der Waals surface area contributed by atoms with Gasteiger partial charge in [-0.2, -0.15) is 0 Å². The van der Waals surface area contributed by atoms with Gasteiger partial charge in [0.15, 0.2) is 0 Å². The Balaban J connectivity index is 1.99. The number of thiophene rings is 1. The molecule has 4 nitrogen and oxygen atoms in total. The molecule has 0 bridgehead atoms. The summed E-state index contributed by atoms with van der Waals surface area (Å²) in [7, 11) is 0. The summed E-state index contributed by atoms with van der Waals surface area (Å²) >= 11 is 7.19. The monoisotopic (exact) mass is 359 g/mol. The molecule has 0 unspecified atom stereocenters. The number of rotatable bonds is 4. The van der Waals surface area contributed by atoms with Gasteiger partial charge in [0, 0.05) is 20.7 Å². The summed E-state index contributed by atoms with van der Waals surface area (Å²) in [6.07, 6.45) is 0. The molecular weight excluding hydrogens is 346 g/mol. The Morgan fingerprint density at radius 3 is 2.54 bits per heavy atom. The van der Waals surface area contributed by atoms with Crippen LogP contribution in [-0.2, 0) is 4.74 Å². The number of amides is 1. The minimum absolute atomic E-state index is 0.271. The highest BCUT2D eigenvalue weighted by Crippen LogP contribution is 2.36. The summed E-state index contributed by atoms with van der Waals surface area (Å²) < 4.78 is 6.05. The van der Waals surface area contributed by atoms with Crippen molar-refractivity contribution < 1.29 is 14.3 Å². The smallest absolute Gasteiger partial charge is 0.341 e. The quantitative estimate of drug-likeness (QED) is 0.668. The largest absolute Gasteiger partial charge is 0.462 e. The SMILES string of the molecule is CCOC(=O)c1c(NC(=O)c2ccc(Cl)cc2)sc2ccccc12. The van der Waals surface area contributed by atoms with Crippen LogP contribution < -0.4 is 5.32 Å². The molecule has 0 fully saturated rings. The molecular formula is C18H14ClNO3S. The molecule has 0 saturated heterocycles. The third-order valence-electron chi connectivity index (χ3n) is 3.41. The molecule has 24 heavy (non-hydrogen) atoms. The Hall–Kier alpha value is -2.37. The van der Waals surface area contributed by atoms with Crippen molar-refractivity contribution in [1.82, 2.24) is 0 Å². The highest BCUT2D eigenvalue weighted by Gasteiger charge is 2.21. The molecule has 6 heteroatoms. The van der Waals surface area contributed by atoms with Crippen molar-refractivity contribution in [3.63, 3.8) is 0 Å². The standard InChI is InChI=1S/C18H14ClNO3S/c1-2-23-18(22)15-13-5-3-4-6-14(13)24-17(15)20-16(21)11-7-9-12(19)10-8-11/h3-10H,2H2,1H3,(H,20,21). The van der Waals surface area contributed by atoms with Gasteiger partial charge in [-0.15, -0.1) is 11.3 Å². The third-order valence-corrected chi connectivity index (χ3v) is 4.75. The van der Waals surface area contributed by atoms with E-state index in [9.17, 15) is 9.59 Å². The molecule has 3 aromatic rings. The second kappa shape index (κ2) is 7.03. The number of benzene rings is 2.